The average Bonchev–Trinajstić information content (AvgIpc) is 2.75. The molecule has 2 aromatic rings. The molecule has 0 saturated heterocycles. The van der Waals surface area contributed by atoms with Gasteiger partial charge in [-0.2, -0.15) is 4.37 Å². The van der Waals surface area contributed by atoms with Gasteiger partial charge in [0.15, 0.2) is 4.34 Å². The molecule has 16 heavy (non-hydrogen) atoms. The molecule has 2 aromatic heterocycles. The van der Waals surface area contributed by atoms with Crippen molar-refractivity contribution in [2.75, 3.05) is 5.43 Å². The number of hydrazine groups is 1. The maximum Gasteiger partial charge on any atom is 0.176 e. The Morgan fingerprint density at radius 1 is 1.38 bits per heavy atom. The number of nitrogens with one attached hydrogen (secondary N) is 1. The van der Waals surface area contributed by atoms with Crippen LogP contribution in [0, 0.1) is 13.8 Å². The molecule has 3 N–H and O–H groups in total. The van der Waals surface area contributed by atoms with E-state index >= 15 is 0 Å². The van der Waals surface area contributed by atoms with E-state index in [1.54, 1.807) is 0 Å². The lowest BCUT2D eigenvalue weighted by Gasteiger charge is -2.08. The Bertz CT molecular complexity index is 484. The summed E-state index contributed by atoms with van der Waals surface area (Å²) in [5, 5.41) is 0.845. The van der Waals surface area contributed by atoms with E-state index in [1.165, 1.54) is 29.6 Å². The van der Waals surface area contributed by atoms with Gasteiger partial charge in [0.2, 0.25) is 0 Å². The van der Waals surface area contributed by atoms with Crippen LogP contribution in [0.1, 0.15) is 11.4 Å². The number of hydrogen-bond acceptors (Lipinski definition) is 8. The van der Waals surface area contributed by atoms with Crippen molar-refractivity contribution in [3.05, 3.63) is 17.7 Å². The van der Waals surface area contributed by atoms with Gasteiger partial charge in [-0.05, 0) is 37.1 Å². The predicted octanol–water partition coefficient (Wildman–Crippen LogP) is 1.38. The summed E-state index contributed by atoms with van der Waals surface area (Å²) in [5.41, 5.74) is 3.47. The molecular weight excluding hydrogens is 244 g/mol. The first-order valence-corrected chi connectivity index (χ1v) is 6.06. The zero-order valence-electron chi connectivity index (χ0n) is 8.76. The standard InChI is InChI=1S/C8H10N6S2/c1-4-6(14-9)12-5(2)13-7(4)15-8-10-3-11-16-8/h3H,9H2,1-2H3,(H,12,13,14). The lowest BCUT2D eigenvalue weighted by molar-refractivity contribution is 0.934. The van der Waals surface area contributed by atoms with Crippen molar-refractivity contribution < 1.29 is 0 Å². The van der Waals surface area contributed by atoms with E-state index in [2.05, 4.69) is 24.8 Å². The number of hydrogen-bond donors (Lipinski definition) is 2. The molecule has 84 valence electrons. The van der Waals surface area contributed by atoms with E-state index in [1.807, 2.05) is 13.8 Å². The van der Waals surface area contributed by atoms with E-state index in [4.69, 9.17) is 5.84 Å². The van der Waals surface area contributed by atoms with Crippen molar-refractivity contribution in [3.63, 3.8) is 0 Å². The third-order valence-corrected chi connectivity index (χ3v) is 3.68. The molecular formula is C8H10N6S2. The number of nitrogens with two attached hydrogens (primary N) is 1. The SMILES string of the molecule is Cc1nc(NN)c(C)c(Sc2ncns2)n1. The molecule has 0 aliphatic rings. The van der Waals surface area contributed by atoms with Gasteiger partial charge in [0, 0.05) is 5.56 Å². The lowest BCUT2D eigenvalue weighted by atomic mass is 10.3. The number of aromatic nitrogens is 4. The lowest BCUT2D eigenvalue weighted by Crippen LogP contribution is -2.12. The molecule has 0 amide bonds. The molecule has 6 nitrogen and oxygen atoms in total. The van der Waals surface area contributed by atoms with Gasteiger partial charge in [-0.15, -0.1) is 0 Å². The normalized spacial score (nSPS) is 10.4. The Morgan fingerprint density at radius 2 is 2.19 bits per heavy atom. The first-order chi connectivity index (χ1) is 7.70. The van der Waals surface area contributed by atoms with Gasteiger partial charge in [0.1, 0.15) is 23.0 Å². The van der Waals surface area contributed by atoms with Gasteiger partial charge in [-0.25, -0.2) is 20.8 Å². The number of nitrogens with zero attached hydrogens (tertiary/aromatic N) is 4. The van der Waals surface area contributed by atoms with Crippen LogP contribution in [0.15, 0.2) is 15.7 Å². The minimum Gasteiger partial charge on any atom is -0.308 e. The molecule has 0 aliphatic carbocycles. The van der Waals surface area contributed by atoms with Crippen molar-refractivity contribution in [1.29, 1.82) is 0 Å². The molecule has 2 rings (SSSR count). The minimum atomic E-state index is 0.638. The van der Waals surface area contributed by atoms with Crippen LogP contribution in [0.25, 0.3) is 0 Å². The van der Waals surface area contributed by atoms with Gasteiger partial charge in [-0.1, -0.05) is 0 Å². The molecule has 0 aliphatic heterocycles. The summed E-state index contributed by atoms with van der Waals surface area (Å²) in [6.07, 6.45) is 1.53. The van der Waals surface area contributed by atoms with Crippen molar-refractivity contribution in [3.8, 4) is 0 Å². The van der Waals surface area contributed by atoms with Gasteiger partial charge < -0.3 is 5.43 Å². The molecule has 2 heterocycles. The van der Waals surface area contributed by atoms with Crippen LogP contribution in [0.3, 0.4) is 0 Å². The summed E-state index contributed by atoms with van der Waals surface area (Å²) < 4.78 is 4.79. The third kappa shape index (κ3) is 2.29. The molecule has 0 unspecified atom stereocenters. The Balaban J connectivity index is 2.36. The minimum absolute atomic E-state index is 0.638. The van der Waals surface area contributed by atoms with Crippen LogP contribution >= 0.6 is 23.3 Å². The van der Waals surface area contributed by atoms with Gasteiger partial charge >= 0.3 is 0 Å². The Kier molecular flexibility index (Phi) is 3.32. The van der Waals surface area contributed by atoms with Crippen molar-refractivity contribution in [2.45, 2.75) is 23.2 Å². The quantitative estimate of drug-likeness (QED) is 0.486. The zero-order valence-corrected chi connectivity index (χ0v) is 10.4. The van der Waals surface area contributed by atoms with Gasteiger partial charge in [-0.3, -0.25) is 0 Å². The molecule has 0 aromatic carbocycles. The fraction of sp³-hybridized carbons (Fsp3) is 0.250. The highest BCUT2D eigenvalue weighted by atomic mass is 32.2. The molecule has 0 fully saturated rings. The highest BCUT2D eigenvalue weighted by molar-refractivity contribution is 8.00. The fourth-order valence-corrected chi connectivity index (χ4v) is 2.62. The first-order valence-electron chi connectivity index (χ1n) is 4.47. The second-order valence-electron chi connectivity index (χ2n) is 3.00. The summed E-state index contributed by atoms with van der Waals surface area (Å²) in [6, 6.07) is 0. The Labute approximate surface area is 101 Å². The summed E-state index contributed by atoms with van der Waals surface area (Å²) >= 11 is 2.80. The van der Waals surface area contributed by atoms with Crippen LogP contribution in [-0.2, 0) is 0 Å². The fourth-order valence-electron chi connectivity index (χ4n) is 1.13. The average molecular weight is 254 g/mol. The van der Waals surface area contributed by atoms with Crippen LogP contribution in [-0.4, -0.2) is 19.3 Å². The van der Waals surface area contributed by atoms with E-state index in [0.717, 1.165) is 14.9 Å². The summed E-state index contributed by atoms with van der Waals surface area (Å²) in [7, 11) is 0. The zero-order chi connectivity index (χ0) is 11.5. The number of nitrogen functional groups attached to an aromatic ring is 1. The third-order valence-electron chi connectivity index (χ3n) is 1.87. The number of anilines is 1. The smallest absolute Gasteiger partial charge is 0.176 e. The summed E-state index contributed by atoms with van der Waals surface area (Å²) in [5.74, 6) is 6.70. The molecule has 0 bridgehead atoms. The molecule has 0 radical (unpaired) electrons. The monoisotopic (exact) mass is 254 g/mol. The van der Waals surface area contributed by atoms with Crippen molar-refractivity contribution >= 4 is 29.1 Å². The van der Waals surface area contributed by atoms with Crippen molar-refractivity contribution in [1.82, 2.24) is 19.3 Å². The maximum absolute atomic E-state index is 5.39. The number of aryl methyl sites for hydroxylation is 1. The van der Waals surface area contributed by atoms with Crippen molar-refractivity contribution in [2.24, 2.45) is 5.84 Å². The van der Waals surface area contributed by atoms with Crippen LogP contribution in [0.4, 0.5) is 5.82 Å². The van der Waals surface area contributed by atoms with E-state index in [9.17, 15) is 0 Å². The maximum atomic E-state index is 5.39. The second-order valence-corrected chi connectivity index (χ2v) is 5.02. The summed E-state index contributed by atoms with van der Waals surface area (Å²) in [6.45, 7) is 3.74. The van der Waals surface area contributed by atoms with Gasteiger partial charge in [0.05, 0.1) is 0 Å². The van der Waals surface area contributed by atoms with E-state index in [0.29, 0.717) is 11.6 Å². The van der Waals surface area contributed by atoms with Crippen LogP contribution < -0.4 is 11.3 Å². The topological polar surface area (TPSA) is 89.6 Å². The molecule has 8 heteroatoms. The van der Waals surface area contributed by atoms with Gasteiger partial charge in [0.25, 0.3) is 0 Å². The molecule has 0 spiro atoms. The number of rotatable bonds is 3. The Hall–Kier alpha value is -1.25. The first kappa shape index (κ1) is 11.2. The predicted molar refractivity (Wildman–Crippen MR) is 63.3 cm³/mol. The highest BCUT2D eigenvalue weighted by Crippen LogP contribution is 2.31. The molecule has 0 saturated carbocycles. The summed E-state index contributed by atoms with van der Waals surface area (Å²) in [4.78, 5) is 12.6. The van der Waals surface area contributed by atoms with Crippen LogP contribution in [0.5, 0.6) is 0 Å². The van der Waals surface area contributed by atoms with E-state index < -0.39 is 0 Å². The highest BCUT2D eigenvalue weighted by Gasteiger charge is 2.11. The molecule has 0 atom stereocenters. The van der Waals surface area contributed by atoms with Crippen LogP contribution in [0.2, 0.25) is 0 Å². The van der Waals surface area contributed by atoms with E-state index in [-0.39, 0.29) is 0 Å². The second kappa shape index (κ2) is 4.73. The Morgan fingerprint density at radius 3 is 2.81 bits per heavy atom. The largest absolute Gasteiger partial charge is 0.308 e.